The molecular weight excluding hydrogens is 382 g/mol. The molecule has 2 nitrogen and oxygen atoms in total. The molecule has 0 atom stereocenters. The van der Waals surface area contributed by atoms with Crippen molar-refractivity contribution < 1.29 is 0 Å². The summed E-state index contributed by atoms with van der Waals surface area (Å²) in [6.45, 7) is 0. The second-order valence-corrected chi connectivity index (χ2v) is 6.14. The maximum Gasteiger partial charge on any atom is 0.129 e. The van der Waals surface area contributed by atoms with Gasteiger partial charge in [-0.3, -0.25) is 4.57 Å². The predicted molar refractivity (Wildman–Crippen MR) is 88.3 cm³/mol. The normalized spacial score (nSPS) is 11.2. The molecule has 0 spiro atoms. The van der Waals surface area contributed by atoms with Crippen LogP contribution in [-0.4, -0.2) is 9.55 Å². The zero-order valence-corrected chi connectivity index (χ0v) is 13.9. The van der Waals surface area contributed by atoms with E-state index in [0.29, 0.717) is 15.9 Å². The lowest BCUT2D eigenvalue weighted by Gasteiger charge is -2.09. The molecule has 0 aliphatic rings. The Kier molecular flexibility index (Phi) is 3.95. The smallest absolute Gasteiger partial charge is 0.129 e. The van der Waals surface area contributed by atoms with Gasteiger partial charge >= 0.3 is 0 Å². The summed E-state index contributed by atoms with van der Waals surface area (Å²) in [5.74, 6) is 1.02. The number of imidazole rings is 1. The molecule has 0 aliphatic heterocycles. The number of rotatable bonds is 2. The second kappa shape index (κ2) is 5.57. The highest BCUT2D eigenvalue weighted by molar-refractivity contribution is 9.10. The zero-order valence-electron chi connectivity index (χ0n) is 10.1. The van der Waals surface area contributed by atoms with Crippen LogP contribution >= 0.6 is 50.7 Å². The van der Waals surface area contributed by atoms with Gasteiger partial charge < -0.3 is 0 Å². The van der Waals surface area contributed by atoms with Gasteiger partial charge in [0.1, 0.15) is 11.3 Å². The third-order valence-electron chi connectivity index (χ3n) is 2.99. The molecule has 0 radical (unpaired) electrons. The Balaban J connectivity index is 2.34. The van der Waals surface area contributed by atoms with E-state index in [0.717, 1.165) is 27.0 Å². The van der Waals surface area contributed by atoms with Crippen LogP contribution in [0.15, 0.2) is 40.9 Å². The number of benzene rings is 2. The second-order valence-electron chi connectivity index (χ2n) is 4.20. The minimum absolute atomic E-state index is 0.290. The van der Waals surface area contributed by atoms with Crippen molar-refractivity contribution in [2.24, 2.45) is 0 Å². The molecule has 1 heterocycles. The highest BCUT2D eigenvalue weighted by Crippen LogP contribution is 2.30. The molecule has 0 saturated heterocycles. The standard InChI is InChI=1S/C14H8BrCl3N2/c15-9-5-4-8(6-11(9)18)20-12-3-1-2-10(17)14(12)19-13(20)7-16/h1-6H,7H2. The van der Waals surface area contributed by atoms with Crippen molar-refractivity contribution in [1.29, 1.82) is 0 Å². The molecule has 0 N–H and O–H groups in total. The van der Waals surface area contributed by atoms with Gasteiger partial charge in [0, 0.05) is 10.2 Å². The quantitative estimate of drug-likeness (QED) is 0.503. The van der Waals surface area contributed by atoms with Gasteiger partial charge in [-0.2, -0.15) is 0 Å². The van der Waals surface area contributed by atoms with Crippen molar-refractivity contribution in [1.82, 2.24) is 9.55 Å². The average Bonchev–Trinajstić information content (AvgIpc) is 2.82. The van der Waals surface area contributed by atoms with Crippen molar-refractivity contribution in [2.45, 2.75) is 5.88 Å². The highest BCUT2D eigenvalue weighted by atomic mass is 79.9. The lowest BCUT2D eigenvalue weighted by molar-refractivity contribution is 0.981. The van der Waals surface area contributed by atoms with Crippen molar-refractivity contribution in [3.8, 4) is 5.69 Å². The largest absolute Gasteiger partial charge is 0.295 e. The molecule has 0 amide bonds. The van der Waals surface area contributed by atoms with Crippen molar-refractivity contribution in [2.75, 3.05) is 0 Å². The molecule has 20 heavy (non-hydrogen) atoms. The fraction of sp³-hybridized carbons (Fsp3) is 0.0714. The van der Waals surface area contributed by atoms with Crippen LogP contribution in [0.3, 0.4) is 0 Å². The molecule has 3 rings (SSSR count). The van der Waals surface area contributed by atoms with Gasteiger partial charge in [0.05, 0.1) is 21.4 Å². The number of fused-ring (bicyclic) bond motifs is 1. The molecular formula is C14H8BrCl3N2. The number of aromatic nitrogens is 2. The molecule has 0 fully saturated rings. The van der Waals surface area contributed by atoms with Crippen LogP contribution in [0.25, 0.3) is 16.7 Å². The molecule has 102 valence electrons. The number of para-hydroxylation sites is 1. The van der Waals surface area contributed by atoms with E-state index >= 15 is 0 Å². The van der Waals surface area contributed by atoms with E-state index in [-0.39, 0.29) is 0 Å². The first-order valence-corrected chi connectivity index (χ1v) is 7.87. The fourth-order valence-corrected chi connectivity index (χ4v) is 2.93. The highest BCUT2D eigenvalue weighted by Gasteiger charge is 2.14. The van der Waals surface area contributed by atoms with Gasteiger partial charge in [-0.1, -0.05) is 29.3 Å². The summed E-state index contributed by atoms with van der Waals surface area (Å²) in [6.07, 6.45) is 0. The van der Waals surface area contributed by atoms with E-state index in [2.05, 4.69) is 20.9 Å². The summed E-state index contributed by atoms with van der Waals surface area (Å²) in [6, 6.07) is 11.4. The lowest BCUT2D eigenvalue weighted by atomic mass is 10.2. The first kappa shape index (κ1) is 14.2. The van der Waals surface area contributed by atoms with E-state index in [1.54, 1.807) is 0 Å². The SMILES string of the molecule is ClCc1nc2c(Cl)cccc2n1-c1ccc(Br)c(Cl)c1. The Bertz CT molecular complexity index is 798. The number of halogens is 4. The Morgan fingerprint density at radius 3 is 2.60 bits per heavy atom. The van der Waals surface area contributed by atoms with Crippen LogP contribution in [0.1, 0.15) is 5.82 Å². The molecule has 1 aromatic heterocycles. The monoisotopic (exact) mass is 388 g/mol. The molecule has 2 aromatic carbocycles. The molecule has 0 bridgehead atoms. The van der Waals surface area contributed by atoms with E-state index in [1.165, 1.54) is 0 Å². The third-order valence-corrected chi connectivity index (χ3v) is 4.76. The summed E-state index contributed by atoms with van der Waals surface area (Å²) in [5, 5.41) is 1.24. The maximum absolute atomic E-state index is 6.19. The summed E-state index contributed by atoms with van der Waals surface area (Å²) in [5.41, 5.74) is 2.55. The van der Waals surface area contributed by atoms with Gasteiger partial charge in [-0.05, 0) is 46.3 Å². The van der Waals surface area contributed by atoms with Crippen LogP contribution in [0, 0.1) is 0 Å². The third kappa shape index (κ3) is 2.33. The van der Waals surface area contributed by atoms with Crippen LogP contribution in [0.2, 0.25) is 10.0 Å². The van der Waals surface area contributed by atoms with E-state index in [9.17, 15) is 0 Å². The average molecular weight is 390 g/mol. The van der Waals surface area contributed by atoms with Crippen LogP contribution in [-0.2, 0) is 5.88 Å². The van der Waals surface area contributed by atoms with Gasteiger partial charge in [0.15, 0.2) is 0 Å². The van der Waals surface area contributed by atoms with Crippen molar-refractivity contribution in [3.05, 3.63) is 56.7 Å². The van der Waals surface area contributed by atoms with E-state index in [4.69, 9.17) is 34.8 Å². The number of hydrogen-bond donors (Lipinski definition) is 0. The Morgan fingerprint density at radius 1 is 1.10 bits per heavy atom. The minimum atomic E-state index is 0.290. The summed E-state index contributed by atoms with van der Waals surface area (Å²) in [4.78, 5) is 4.50. The lowest BCUT2D eigenvalue weighted by Crippen LogP contribution is -1.99. The Labute approximate surface area is 139 Å². The molecule has 0 saturated carbocycles. The van der Waals surface area contributed by atoms with E-state index < -0.39 is 0 Å². The first-order chi connectivity index (χ1) is 9.61. The van der Waals surface area contributed by atoms with Gasteiger partial charge in [0.25, 0.3) is 0 Å². The summed E-state index contributed by atoms with van der Waals surface area (Å²) in [7, 11) is 0. The molecule has 0 unspecified atom stereocenters. The van der Waals surface area contributed by atoms with Crippen molar-refractivity contribution >= 4 is 61.8 Å². The Hall–Kier alpha value is -0.740. The number of hydrogen-bond acceptors (Lipinski definition) is 1. The molecule has 3 aromatic rings. The van der Waals surface area contributed by atoms with Gasteiger partial charge in [-0.15, -0.1) is 11.6 Å². The minimum Gasteiger partial charge on any atom is -0.295 e. The van der Waals surface area contributed by atoms with Crippen molar-refractivity contribution in [3.63, 3.8) is 0 Å². The zero-order chi connectivity index (χ0) is 14.3. The summed E-state index contributed by atoms with van der Waals surface area (Å²) >= 11 is 21.8. The maximum atomic E-state index is 6.19. The fourth-order valence-electron chi connectivity index (χ4n) is 2.12. The van der Waals surface area contributed by atoms with Crippen LogP contribution in [0.5, 0.6) is 0 Å². The van der Waals surface area contributed by atoms with Crippen LogP contribution < -0.4 is 0 Å². The molecule has 0 aliphatic carbocycles. The molecule has 6 heteroatoms. The van der Waals surface area contributed by atoms with E-state index in [1.807, 2.05) is 41.0 Å². The topological polar surface area (TPSA) is 17.8 Å². The number of nitrogens with zero attached hydrogens (tertiary/aromatic N) is 2. The summed E-state index contributed by atoms with van der Waals surface area (Å²) < 4.78 is 2.81. The Morgan fingerprint density at radius 2 is 1.90 bits per heavy atom. The van der Waals surface area contributed by atoms with Gasteiger partial charge in [0.2, 0.25) is 0 Å². The first-order valence-electron chi connectivity index (χ1n) is 5.79. The number of alkyl halides is 1. The van der Waals surface area contributed by atoms with Crippen LogP contribution in [0.4, 0.5) is 0 Å². The predicted octanol–water partition coefficient (Wildman–Crippen LogP) is 5.83. The van der Waals surface area contributed by atoms with Gasteiger partial charge in [-0.25, -0.2) is 4.98 Å².